The minimum absolute atomic E-state index is 0.0254. The third kappa shape index (κ3) is 3.14. The summed E-state index contributed by atoms with van der Waals surface area (Å²) in [6.45, 7) is -0.250. The zero-order valence-electron chi connectivity index (χ0n) is 12.7. The smallest absolute Gasteiger partial charge is 0.316 e. The zero-order chi connectivity index (χ0) is 15.7. The lowest BCUT2D eigenvalue weighted by Gasteiger charge is -2.36. The van der Waals surface area contributed by atoms with Gasteiger partial charge in [0.2, 0.25) is 0 Å². The Kier molecular flexibility index (Phi) is 4.71. The van der Waals surface area contributed by atoms with E-state index >= 15 is 0 Å². The summed E-state index contributed by atoms with van der Waals surface area (Å²) in [6, 6.07) is 8.04. The number of ether oxygens (including phenoxy) is 1. The van der Waals surface area contributed by atoms with Crippen LogP contribution in [0.4, 0.5) is 0 Å². The molecule has 0 aromatic heterocycles. The first-order chi connectivity index (χ1) is 10.6. The van der Waals surface area contributed by atoms with Gasteiger partial charge in [-0.1, -0.05) is 23.7 Å². The summed E-state index contributed by atoms with van der Waals surface area (Å²) < 4.78 is 5.70. The molecule has 2 aliphatic rings. The van der Waals surface area contributed by atoms with Crippen molar-refractivity contribution >= 4 is 17.6 Å². The highest BCUT2D eigenvalue weighted by Gasteiger charge is 2.40. The Hall–Kier alpha value is -1.10. The third-order valence-electron chi connectivity index (χ3n) is 5.08. The van der Waals surface area contributed by atoms with Crippen molar-refractivity contribution in [3.8, 4) is 0 Å². The lowest BCUT2D eigenvalue weighted by Crippen LogP contribution is -2.43. The summed E-state index contributed by atoms with van der Waals surface area (Å²) in [5.41, 5.74) is 0.743. The van der Waals surface area contributed by atoms with Crippen LogP contribution in [0.25, 0.3) is 0 Å². The highest BCUT2D eigenvalue weighted by atomic mass is 35.5. The minimum atomic E-state index is -0.630. The molecule has 1 N–H and O–H groups in total. The standard InChI is InChI=1S/C17H22ClNO3/c1-19-13-6-7-14(19)9-15(8-13)22-17(21)16(10-20)11-2-4-12(18)5-3-11/h2-5,13-16,20H,6-10H2,1H3/t13-,14+,15?,16-/m1/s1. The predicted molar refractivity (Wildman–Crippen MR) is 85.0 cm³/mol. The topological polar surface area (TPSA) is 49.8 Å². The molecule has 1 aromatic rings. The minimum Gasteiger partial charge on any atom is -0.462 e. The SMILES string of the molecule is CN1[C@@H]2CC[C@H]1CC(OC(=O)[C@H](CO)c1ccc(Cl)cc1)C2. The molecule has 2 aliphatic heterocycles. The molecule has 4 nitrogen and oxygen atoms in total. The molecule has 0 saturated carbocycles. The van der Waals surface area contributed by atoms with E-state index in [1.54, 1.807) is 24.3 Å². The van der Waals surface area contributed by atoms with Crippen LogP contribution in [0.15, 0.2) is 24.3 Å². The molecule has 2 bridgehead atoms. The lowest BCUT2D eigenvalue weighted by atomic mass is 9.98. The summed E-state index contributed by atoms with van der Waals surface area (Å²) in [7, 11) is 2.16. The lowest BCUT2D eigenvalue weighted by molar-refractivity contribution is -0.155. The van der Waals surface area contributed by atoms with Crippen molar-refractivity contribution in [3.63, 3.8) is 0 Å². The monoisotopic (exact) mass is 323 g/mol. The van der Waals surface area contributed by atoms with E-state index in [9.17, 15) is 9.90 Å². The van der Waals surface area contributed by atoms with Gasteiger partial charge >= 0.3 is 5.97 Å². The Morgan fingerprint density at radius 2 is 1.91 bits per heavy atom. The Balaban J connectivity index is 1.64. The molecule has 0 aliphatic carbocycles. The van der Waals surface area contributed by atoms with Gasteiger partial charge in [0, 0.05) is 17.1 Å². The molecule has 22 heavy (non-hydrogen) atoms. The molecule has 2 saturated heterocycles. The second-order valence-corrected chi connectivity index (χ2v) is 6.80. The van der Waals surface area contributed by atoms with Crippen LogP contribution in [0.1, 0.15) is 37.2 Å². The maximum atomic E-state index is 12.4. The number of esters is 1. The van der Waals surface area contributed by atoms with Crippen LogP contribution in [-0.2, 0) is 9.53 Å². The molecule has 2 heterocycles. The molecule has 1 aromatic carbocycles. The number of nitrogens with zero attached hydrogens (tertiary/aromatic N) is 1. The molecule has 0 radical (unpaired) electrons. The molecule has 0 spiro atoms. The molecule has 0 amide bonds. The van der Waals surface area contributed by atoms with Crippen LogP contribution in [0.5, 0.6) is 0 Å². The molecular weight excluding hydrogens is 302 g/mol. The highest BCUT2D eigenvalue weighted by Crippen LogP contribution is 2.36. The number of hydrogen-bond acceptors (Lipinski definition) is 4. The number of piperidine rings is 1. The molecule has 5 heteroatoms. The van der Waals surface area contributed by atoms with Crippen LogP contribution < -0.4 is 0 Å². The van der Waals surface area contributed by atoms with E-state index in [4.69, 9.17) is 16.3 Å². The van der Waals surface area contributed by atoms with Gasteiger partial charge in [-0.15, -0.1) is 0 Å². The number of rotatable bonds is 4. The molecule has 1 unspecified atom stereocenters. The number of benzene rings is 1. The van der Waals surface area contributed by atoms with Crippen LogP contribution in [0, 0.1) is 0 Å². The number of aliphatic hydroxyl groups is 1. The maximum absolute atomic E-state index is 12.4. The molecule has 4 atom stereocenters. The fourth-order valence-electron chi connectivity index (χ4n) is 3.72. The van der Waals surface area contributed by atoms with Crippen molar-refractivity contribution in [1.29, 1.82) is 0 Å². The Labute approximate surface area is 136 Å². The van der Waals surface area contributed by atoms with Gasteiger partial charge in [-0.05, 0) is 50.4 Å². The predicted octanol–water partition coefficient (Wildman–Crippen LogP) is 2.58. The normalized spacial score (nSPS) is 29.3. The fraction of sp³-hybridized carbons (Fsp3) is 0.588. The molecule has 3 rings (SSSR count). The van der Waals surface area contributed by atoms with Crippen LogP contribution >= 0.6 is 11.6 Å². The van der Waals surface area contributed by atoms with E-state index in [1.165, 1.54) is 12.8 Å². The largest absolute Gasteiger partial charge is 0.462 e. The van der Waals surface area contributed by atoms with E-state index in [2.05, 4.69) is 11.9 Å². The second kappa shape index (κ2) is 6.57. The van der Waals surface area contributed by atoms with Crippen molar-refractivity contribution < 1.29 is 14.6 Å². The number of aliphatic hydroxyl groups excluding tert-OH is 1. The van der Waals surface area contributed by atoms with E-state index < -0.39 is 5.92 Å². The number of fused-ring (bicyclic) bond motifs is 2. The average molecular weight is 324 g/mol. The molecular formula is C17H22ClNO3. The van der Waals surface area contributed by atoms with E-state index in [0.29, 0.717) is 17.1 Å². The van der Waals surface area contributed by atoms with Crippen LogP contribution in [-0.4, -0.2) is 47.8 Å². The summed E-state index contributed by atoms with van der Waals surface area (Å²) in [6.07, 6.45) is 4.16. The zero-order valence-corrected chi connectivity index (χ0v) is 13.5. The van der Waals surface area contributed by atoms with E-state index in [1.807, 2.05) is 0 Å². The van der Waals surface area contributed by atoms with Gasteiger partial charge in [0.15, 0.2) is 0 Å². The van der Waals surface area contributed by atoms with Gasteiger partial charge in [0.1, 0.15) is 12.0 Å². The van der Waals surface area contributed by atoms with Crippen molar-refractivity contribution in [3.05, 3.63) is 34.9 Å². The summed E-state index contributed by atoms with van der Waals surface area (Å²) in [5, 5.41) is 10.2. The van der Waals surface area contributed by atoms with Crippen molar-refractivity contribution in [2.24, 2.45) is 0 Å². The van der Waals surface area contributed by atoms with Gasteiger partial charge in [0.05, 0.1) is 6.61 Å². The quantitative estimate of drug-likeness (QED) is 0.865. The summed E-state index contributed by atoms with van der Waals surface area (Å²) in [4.78, 5) is 14.8. The molecule has 2 fully saturated rings. The Bertz CT molecular complexity index is 519. The maximum Gasteiger partial charge on any atom is 0.316 e. The second-order valence-electron chi connectivity index (χ2n) is 6.37. The van der Waals surface area contributed by atoms with Crippen LogP contribution in [0.3, 0.4) is 0 Å². The van der Waals surface area contributed by atoms with Gasteiger partial charge in [-0.3, -0.25) is 4.79 Å². The third-order valence-corrected chi connectivity index (χ3v) is 5.33. The van der Waals surface area contributed by atoms with Crippen molar-refractivity contribution in [1.82, 2.24) is 4.90 Å². The van der Waals surface area contributed by atoms with Crippen molar-refractivity contribution in [2.75, 3.05) is 13.7 Å². The van der Waals surface area contributed by atoms with Gasteiger partial charge in [-0.25, -0.2) is 0 Å². The number of carbonyl (C=O) groups is 1. The Morgan fingerprint density at radius 1 is 1.32 bits per heavy atom. The number of halogens is 1. The van der Waals surface area contributed by atoms with Crippen molar-refractivity contribution in [2.45, 2.75) is 49.8 Å². The van der Waals surface area contributed by atoms with E-state index in [0.717, 1.165) is 18.4 Å². The fourth-order valence-corrected chi connectivity index (χ4v) is 3.84. The van der Waals surface area contributed by atoms with Gasteiger partial charge in [0.25, 0.3) is 0 Å². The van der Waals surface area contributed by atoms with Gasteiger partial charge < -0.3 is 14.7 Å². The summed E-state index contributed by atoms with van der Waals surface area (Å²) >= 11 is 5.86. The highest BCUT2D eigenvalue weighted by molar-refractivity contribution is 6.30. The average Bonchev–Trinajstić information content (AvgIpc) is 2.72. The van der Waals surface area contributed by atoms with E-state index in [-0.39, 0.29) is 18.7 Å². The summed E-state index contributed by atoms with van der Waals surface area (Å²) in [5.74, 6) is -0.964. The number of carbonyl (C=O) groups excluding carboxylic acids is 1. The first kappa shape index (κ1) is 15.8. The Morgan fingerprint density at radius 3 is 2.45 bits per heavy atom. The first-order valence-electron chi connectivity index (χ1n) is 7.87. The first-order valence-corrected chi connectivity index (χ1v) is 8.25. The molecule has 120 valence electrons. The number of hydrogen-bond donors (Lipinski definition) is 1. The van der Waals surface area contributed by atoms with Crippen LogP contribution in [0.2, 0.25) is 5.02 Å². The van der Waals surface area contributed by atoms with Gasteiger partial charge in [-0.2, -0.15) is 0 Å².